The van der Waals surface area contributed by atoms with E-state index in [9.17, 15) is 27.2 Å². The number of nitrogens with zero attached hydrogens (tertiary/aromatic N) is 1. The van der Waals surface area contributed by atoms with E-state index in [0.717, 1.165) is 22.8 Å². The first-order chi connectivity index (χ1) is 17.1. The summed E-state index contributed by atoms with van der Waals surface area (Å²) in [6.45, 7) is 0.746. The molecule has 4 rings (SSSR count). The van der Waals surface area contributed by atoms with Gasteiger partial charge in [-0.25, -0.2) is 4.39 Å². The molecule has 0 unspecified atom stereocenters. The number of carbonyl (C=O) groups is 2. The van der Waals surface area contributed by atoms with Gasteiger partial charge in [-0.2, -0.15) is 13.2 Å². The van der Waals surface area contributed by atoms with Crippen LogP contribution in [-0.4, -0.2) is 23.3 Å². The first kappa shape index (κ1) is 25.4. The molecule has 0 saturated heterocycles. The Morgan fingerprint density at radius 1 is 1.06 bits per heavy atom. The highest BCUT2D eigenvalue weighted by Crippen LogP contribution is 2.34. The van der Waals surface area contributed by atoms with E-state index in [1.54, 1.807) is 23.1 Å². The van der Waals surface area contributed by atoms with Crippen LogP contribution in [0.2, 0.25) is 5.02 Å². The van der Waals surface area contributed by atoms with Gasteiger partial charge in [-0.15, -0.1) is 0 Å². The van der Waals surface area contributed by atoms with Crippen molar-refractivity contribution in [3.8, 4) is 0 Å². The van der Waals surface area contributed by atoms with E-state index in [4.69, 9.17) is 11.6 Å². The molecule has 186 valence electrons. The Morgan fingerprint density at radius 3 is 2.50 bits per heavy atom. The second kappa shape index (κ2) is 10.5. The first-order valence-electron chi connectivity index (χ1n) is 11.1. The van der Waals surface area contributed by atoms with Crippen molar-refractivity contribution < 1.29 is 27.2 Å². The molecule has 1 heterocycles. The van der Waals surface area contributed by atoms with Crippen molar-refractivity contribution in [2.45, 2.75) is 25.6 Å². The lowest BCUT2D eigenvalue weighted by Gasteiger charge is -2.30. The van der Waals surface area contributed by atoms with E-state index in [2.05, 4.69) is 5.32 Å². The average Bonchev–Trinajstić information content (AvgIpc) is 2.84. The second-order valence-corrected chi connectivity index (χ2v) is 8.76. The van der Waals surface area contributed by atoms with Crippen LogP contribution in [0.1, 0.15) is 27.8 Å². The van der Waals surface area contributed by atoms with Gasteiger partial charge in [-0.05, 0) is 52.9 Å². The predicted octanol–water partition coefficient (Wildman–Crippen LogP) is 6.28. The number of anilines is 1. The lowest BCUT2D eigenvalue weighted by Crippen LogP contribution is -2.35. The molecular formula is C27H21ClF4N2O2. The maximum atomic E-state index is 13.9. The number of alkyl halides is 3. The van der Waals surface area contributed by atoms with Crippen LogP contribution < -0.4 is 5.32 Å². The van der Waals surface area contributed by atoms with Gasteiger partial charge >= 0.3 is 6.18 Å². The number of amides is 2. The highest BCUT2D eigenvalue weighted by Gasteiger charge is 2.34. The molecule has 1 N–H and O–H groups in total. The van der Waals surface area contributed by atoms with E-state index in [0.29, 0.717) is 42.4 Å². The number of hydrogen-bond acceptors (Lipinski definition) is 2. The van der Waals surface area contributed by atoms with Crippen molar-refractivity contribution in [3.63, 3.8) is 0 Å². The third kappa shape index (κ3) is 5.94. The zero-order chi connectivity index (χ0) is 25.9. The highest BCUT2D eigenvalue weighted by atomic mass is 35.5. The normalized spacial score (nSPS) is 13.5. The quantitative estimate of drug-likeness (QED) is 0.321. The van der Waals surface area contributed by atoms with Crippen LogP contribution in [-0.2, 0) is 35.2 Å². The zero-order valence-corrected chi connectivity index (χ0v) is 19.7. The molecule has 0 radical (unpaired) electrons. The SMILES string of the molecule is O=C(Cc1ccc(C(F)(F)F)c(F)c1)Nc1c(Cl)ccc2c1CCN(C(=O)/C=C/c1ccccc1)C2. The Balaban J connectivity index is 1.45. The number of halogens is 5. The molecule has 36 heavy (non-hydrogen) atoms. The Hall–Kier alpha value is -3.65. The monoisotopic (exact) mass is 516 g/mol. The third-order valence-electron chi connectivity index (χ3n) is 5.85. The average molecular weight is 517 g/mol. The molecule has 1 aliphatic rings. The second-order valence-electron chi connectivity index (χ2n) is 8.35. The summed E-state index contributed by atoms with van der Waals surface area (Å²) in [4.78, 5) is 27.0. The Kier molecular flexibility index (Phi) is 7.45. The summed E-state index contributed by atoms with van der Waals surface area (Å²) in [5, 5.41) is 3.00. The van der Waals surface area contributed by atoms with Crippen LogP contribution in [0.4, 0.5) is 23.2 Å². The van der Waals surface area contributed by atoms with Crippen molar-refractivity contribution in [1.29, 1.82) is 0 Å². The minimum absolute atomic E-state index is 0.0981. The fourth-order valence-corrected chi connectivity index (χ4v) is 4.28. The summed E-state index contributed by atoms with van der Waals surface area (Å²) in [5.74, 6) is -2.13. The maximum absolute atomic E-state index is 13.9. The Labute approximate surface area is 210 Å². The van der Waals surface area contributed by atoms with E-state index in [1.165, 1.54) is 6.08 Å². The molecule has 2 amide bonds. The summed E-state index contributed by atoms with van der Waals surface area (Å²) >= 11 is 6.33. The van der Waals surface area contributed by atoms with Crippen LogP contribution in [0.5, 0.6) is 0 Å². The van der Waals surface area contributed by atoms with Crippen LogP contribution >= 0.6 is 11.6 Å². The van der Waals surface area contributed by atoms with Crippen LogP contribution in [0, 0.1) is 5.82 Å². The Morgan fingerprint density at radius 2 is 1.81 bits per heavy atom. The van der Waals surface area contributed by atoms with Gasteiger partial charge in [0.25, 0.3) is 0 Å². The van der Waals surface area contributed by atoms with Gasteiger partial charge in [-0.3, -0.25) is 9.59 Å². The molecule has 1 aliphatic heterocycles. The lowest BCUT2D eigenvalue weighted by molar-refractivity contribution is -0.140. The molecule has 0 fully saturated rings. The standard InChI is InChI=1S/C27H21ClF4N2O2/c28-22-10-8-19-16-34(25(36)11-7-17-4-2-1-3-5-17)13-12-20(19)26(22)33-24(35)15-18-6-9-21(23(29)14-18)27(30,31)32/h1-11,14H,12-13,15-16H2,(H,33,35)/b11-7+. The molecule has 0 saturated carbocycles. The molecule has 9 heteroatoms. The topological polar surface area (TPSA) is 49.4 Å². The van der Waals surface area contributed by atoms with Gasteiger partial charge in [-0.1, -0.05) is 54.1 Å². The summed E-state index contributed by atoms with van der Waals surface area (Å²) in [6, 6.07) is 15.2. The number of benzene rings is 3. The summed E-state index contributed by atoms with van der Waals surface area (Å²) < 4.78 is 52.2. The van der Waals surface area contributed by atoms with Gasteiger partial charge in [0.15, 0.2) is 0 Å². The van der Waals surface area contributed by atoms with Crippen molar-refractivity contribution in [2.24, 2.45) is 0 Å². The van der Waals surface area contributed by atoms with E-state index in [-0.39, 0.29) is 17.9 Å². The number of carbonyl (C=O) groups excluding carboxylic acids is 2. The van der Waals surface area contributed by atoms with Gasteiger partial charge in [0, 0.05) is 19.2 Å². The van der Waals surface area contributed by atoms with Gasteiger partial charge in [0.05, 0.1) is 22.7 Å². The maximum Gasteiger partial charge on any atom is 0.419 e. The van der Waals surface area contributed by atoms with Gasteiger partial charge in [0.2, 0.25) is 11.8 Å². The van der Waals surface area contributed by atoms with Crippen molar-refractivity contribution >= 4 is 35.2 Å². The Bertz CT molecular complexity index is 1320. The van der Waals surface area contributed by atoms with E-state index < -0.39 is 23.5 Å². The summed E-state index contributed by atoms with van der Waals surface area (Å²) in [6.07, 6.45) is -1.43. The highest BCUT2D eigenvalue weighted by molar-refractivity contribution is 6.34. The minimum atomic E-state index is -4.81. The summed E-state index contributed by atoms with van der Waals surface area (Å²) in [5.41, 5.74) is 1.62. The van der Waals surface area contributed by atoms with E-state index in [1.807, 2.05) is 30.3 Å². The van der Waals surface area contributed by atoms with Crippen molar-refractivity contribution in [2.75, 3.05) is 11.9 Å². The fraction of sp³-hybridized carbons (Fsp3) is 0.185. The molecule has 0 bridgehead atoms. The van der Waals surface area contributed by atoms with Crippen molar-refractivity contribution in [3.05, 3.63) is 105 Å². The molecule has 0 atom stereocenters. The summed E-state index contributed by atoms with van der Waals surface area (Å²) in [7, 11) is 0. The zero-order valence-electron chi connectivity index (χ0n) is 18.9. The molecule has 0 spiro atoms. The molecule has 0 aliphatic carbocycles. The smallest absolute Gasteiger partial charge is 0.334 e. The first-order valence-corrected chi connectivity index (χ1v) is 11.5. The van der Waals surface area contributed by atoms with Crippen LogP contribution in [0.3, 0.4) is 0 Å². The van der Waals surface area contributed by atoms with Crippen molar-refractivity contribution in [1.82, 2.24) is 4.90 Å². The number of rotatable bonds is 5. The lowest BCUT2D eigenvalue weighted by atomic mass is 9.97. The van der Waals surface area contributed by atoms with Gasteiger partial charge in [0.1, 0.15) is 5.82 Å². The molecule has 3 aromatic rings. The molecule has 4 nitrogen and oxygen atoms in total. The number of nitrogens with one attached hydrogen (secondary N) is 1. The van der Waals surface area contributed by atoms with E-state index >= 15 is 0 Å². The molecule has 0 aromatic heterocycles. The van der Waals surface area contributed by atoms with Crippen LogP contribution in [0.25, 0.3) is 6.08 Å². The minimum Gasteiger partial charge on any atom is -0.334 e. The molecular weight excluding hydrogens is 496 g/mol. The molecule has 3 aromatic carbocycles. The number of hydrogen-bond donors (Lipinski definition) is 1. The number of fused-ring (bicyclic) bond motifs is 1. The fourth-order valence-electron chi connectivity index (χ4n) is 4.06. The third-order valence-corrected chi connectivity index (χ3v) is 6.16. The van der Waals surface area contributed by atoms with Gasteiger partial charge < -0.3 is 10.2 Å². The largest absolute Gasteiger partial charge is 0.419 e. The predicted molar refractivity (Wildman–Crippen MR) is 130 cm³/mol. The van der Waals surface area contributed by atoms with Crippen LogP contribution in [0.15, 0.2) is 66.7 Å².